The molecular weight excluding hydrogens is 1640 g/mol. The fraction of sp³-hybridized carbons (Fsp3) is 0.817. The van der Waals surface area contributed by atoms with Crippen molar-refractivity contribution in [1.82, 2.24) is 57.2 Å². The molecule has 0 radical (unpaired) electrons. The standard InChI is InChI=1S/C71H114N12O39/c1-25(59(72)104)74-62(107)34-12-9-15-82(34)65(110)35-13-10-16-83(35)64(109)26(2)75-63(108)43(80-60(105)32(19-84)79-42(95)18-73-61(106)33-11-8-14-81(33)31(7)92)27(3)114-67-46(78-30(6)91)56(120-68-53(102)52(101)48(97)38(21-86)115-68)50(99)41(118-67)24-113-66-45(77-29(5)90)51(100)55(40(23-88)117-66)119-69-54(103)58(49(98)39(22-87)116-69)122-71(70(111)112)17-36(93)44(76-28(4)89)57(121-71)47(96)37(94)20-85/h25-27,32-41,43-58,66-69,84-88,93-94,96-103H,8-24H2,1-7H3,(H2,72,104)(H,73,106)(H,74,107)(H,75,108)(H,76,89)(H,77,90)(H,78,91)(H,79,95)(H,80,105)(H,111,112)/t25?,26?,27?,32?,33?,34?,35?,36-,37-,38?,39?,40?,41?,43?,44-,45?,46?,47-,48+,49+,50+,51-,52+,53?,54?,55-,56-,57?,58+,66-,67+,68+,69+,71+/m1/s1. The summed E-state index contributed by atoms with van der Waals surface area (Å²) in [5.41, 5.74) is 5.37. The molecule has 0 bridgehead atoms. The Morgan fingerprint density at radius 1 is 0.525 bits per heavy atom. The van der Waals surface area contributed by atoms with Gasteiger partial charge in [0.15, 0.2) is 25.2 Å². The van der Waals surface area contributed by atoms with Gasteiger partial charge in [-0.25, -0.2) is 4.79 Å². The van der Waals surface area contributed by atoms with E-state index in [9.17, 15) is 139 Å². The van der Waals surface area contributed by atoms with Crippen molar-refractivity contribution < 1.29 is 191 Å². The van der Waals surface area contributed by atoms with Crippen LogP contribution in [0.15, 0.2) is 0 Å². The minimum absolute atomic E-state index is 0.0671. The second-order valence-electron chi connectivity index (χ2n) is 31.1. The Bertz CT molecular complexity index is 3660. The number of hydrogen-bond acceptors (Lipinski definition) is 38. The highest BCUT2D eigenvalue weighted by atomic mass is 16.8. The van der Waals surface area contributed by atoms with Gasteiger partial charge in [-0.2, -0.15) is 0 Å². The number of nitrogens with two attached hydrogens (primary N) is 1. The lowest BCUT2D eigenvalue weighted by Gasteiger charge is -2.51. The zero-order valence-electron chi connectivity index (χ0n) is 67.5. The number of likely N-dealkylation sites (tertiary alicyclic amines) is 3. The summed E-state index contributed by atoms with van der Waals surface area (Å²) >= 11 is 0. The maximum atomic E-state index is 15.2. The van der Waals surface area contributed by atoms with Gasteiger partial charge in [-0.3, -0.25) is 57.5 Å². The van der Waals surface area contributed by atoms with E-state index in [0.29, 0.717) is 12.8 Å². The van der Waals surface area contributed by atoms with Crippen LogP contribution in [-0.2, 0) is 110 Å². The van der Waals surface area contributed by atoms with Crippen LogP contribution in [0.5, 0.6) is 0 Å². The molecule has 122 heavy (non-hydrogen) atoms. The normalized spacial score (nSPS) is 35.9. The van der Waals surface area contributed by atoms with E-state index in [0.717, 1.165) is 32.6 Å². The second-order valence-corrected chi connectivity index (χ2v) is 31.1. The summed E-state index contributed by atoms with van der Waals surface area (Å²) in [7, 11) is 0. The number of nitrogens with zero attached hydrogens (tertiary/aromatic N) is 3. The van der Waals surface area contributed by atoms with Crippen molar-refractivity contribution in [3.8, 4) is 0 Å². The van der Waals surface area contributed by atoms with Gasteiger partial charge in [0.25, 0.3) is 5.79 Å². The first-order chi connectivity index (χ1) is 57.5. The van der Waals surface area contributed by atoms with Crippen LogP contribution in [0.2, 0.25) is 0 Å². The third kappa shape index (κ3) is 23.4. The molecule has 0 spiro atoms. The average molecular weight is 1760 g/mol. The van der Waals surface area contributed by atoms with Crippen molar-refractivity contribution in [2.75, 3.05) is 65.8 Å². The molecule has 0 aliphatic carbocycles. The Kier molecular flexibility index (Phi) is 35.8. The minimum atomic E-state index is -3.28. The van der Waals surface area contributed by atoms with Gasteiger partial charge in [-0.1, -0.05) is 0 Å². The molecule has 26 N–H and O–H groups in total. The van der Waals surface area contributed by atoms with Gasteiger partial charge < -0.3 is 192 Å². The van der Waals surface area contributed by atoms with E-state index in [2.05, 4.69) is 42.5 Å². The summed E-state index contributed by atoms with van der Waals surface area (Å²) in [6.07, 6.45) is -49.2. The third-order valence-electron chi connectivity index (χ3n) is 22.2. The number of aliphatic carboxylic acids is 1. The minimum Gasteiger partial charge on any atom is -0.477 e. The van der Waals surface area contributed by atoms with Gasteiger partial charge in [-0.05, 0) is 59.3 Å². The number of carbonyl (C=O) groups is 13. The van der Waals surface area contributed by atoms with E-state index in [4.69, 9.17) is 53.1 Å². The van der Waals surface area contributed by atoms with Crippen LogP contribution in [0, 0.1) is 0 Å². The van der Waals surface area contributed by atoms with Gasteiger partial charge in [-0.15, -0.1) is 0 Å². The molecular formula is C71H114N12O39. The summed E-state index contributed by atoms with van der Waals surface area (Å²) in [4.78, 5) is 179. The van der Waals surface area contributed by atoms with Crippen LogP contribution in [0.25, 0.3) is 0 Å². The Balaban J connectivity index is 1.10. The highest BCUT2D eigenvalue weighted by Gasteiger charge is 2.62. The zero-order valence-corrected chi connectivity index (χ0v) is 67.5. The Labute approximate surface area is 695 Å². The molecule has 8 rings (SSSR count). The molecule has 8 aliphatic heterocycles. The molecule has 8 saturated heterocycles. The number of primary amides is 1. The highest BCUT2D eigenvalue weighted by molar-refractivity contribution is 5.98. The fourth-order valence-corrected chi connectivity index (χ4v) is 15.8. The molecule has 0 saturated carbocycles. The summed E-state index contributed by atoms with van der Waals surface area (Å²) in [5.74, 6) is -16.3. The van der Waals surface area contributed by atoms with Gasteiger partial charge >= 0.3 is 5.97 Å². The fourth-order valence-electron chi connectivity index (χ4n) is 15.8. The molecule has 0 aromatic heterocycles. The van der Waals surface area contributed by atoms with Crippen molar-refractivity contribution in [3.63, 3.8) is 0 Å². The molecule has 51 heteroatoms. The van der Waals surface area contributed by atoms with Crippen molar-refractivity contribution in [3.05, 3.63) is 0 Å². The number of hydrogen-bond donors (Lipinski definition) is 25. The van der Waals surface area contributed by atoms with Crippen LogP contribution in [0.3, 0.4) is 0 Å². The number of aliphatic hydroxyl groups excluding tert-OH is 15. The summed E-state index contributed by atoms with van der Waals surface area (Å²) in [6.45, 7) is 0.103. The van der Waals surface area contributed by atoms with E-state index < -0.39 is 337 Å². The van der Waals surface area contributed by atoms with E-state index >= 15 is 4.79 Å². The monoisotopic (exact) mass is 1760 g/mol. The van der Waals surface area contributed by atoms with Crippen LogP contribution in [0.4, 0.5) is 0 Å². The molecule has 8 aliphatic rings. The Morgan fingerprint density at radius 2 is 1.06 bits per heavy atom. The lowest BCUT2D eigenvalue weighted by molar-refractivity contribution is -0.383. The summed E-state index contributed by atoms with van der Waals surface area (Å²) in [5, 5.41) is 196. The lowest BCUT2D eigenvalue weighted by atomic mass is 9.88. The topological polar surface area (TPSA) is 770 Å². The summed E-state index contributed by atoms with van der Waals surface area (Å²) in [6, 6.07) is -15.9. The van der Waals surface area contributed by atoms with Gasteiger partial charge in [0, 0.05) is 53.8 Å². The molecule has 8 fully saturated rings. The number of nitrogens with one attached hydrogen (secondary N) is 8. The number of ether oxygens (including phenoxy) is 10. The molecule has 34 atom stereocenters. The van der Waals surface area contributed by atoms with Crippen molar-refractivity contribution in [2.45, 2.75) is 301 Å². The van der Waals surface area contributed by atoms with E-state index in [1.54, 1.807) is 0 Å². The van der Waals surface area contributed by atoms with Crippen LogP contribution < -0.4 is 48.3 Å². The van der Waals surface area contributed by atoms with Crippen LogP contribution in [0.1, 0.15) is 93.4 Å². The maximum Gasteiger partial charge on any atom is 0.364 e. The molecule has 0 aromatic carbocycles. The van der Waals surface area contributed by atoms with E-state index in [-0.39, 0.29) is 45.3 Å². The van der Waals surface area contributed by atoms with Crippen molar-refractivity contribution in [1.29, 1.82) is 0 Å². The number of carbonyl (C=O) groups excluding carboxylic acids is 12. The van der Waals surface area contributed by atoms with Gasteiger partial charge in [0.05, 0.1) is 64.4 Å². The summed E-state index contributed by atoms with van der Waals surface area (Å²) < 4.78 is 59.8. The average Bonchev–Trinajstić information content (AvgIpc) is 0.892. The van der Waals surface area contributed by atoms with Crippen LogP contribution in [-0.4, -0.2) is 446 Å². The predicted molar refractivity (Wildman–Crippen MR) is 395 cm³/mol. The second kappa shape index (κ2) is 43.8. The lowest BCUT2D eigenvalue weighted by Crippen LogP contribution is -2.71. The largest absolute Gasteiger partial charge is 0.477 e. The highest BCUT2D eigenvalue weighted by Crippen LogP contribution is 2.40. The number of carboxylic acids is 1. The van der Waals surface area contributed by atoms with E-state index in [1.165, 1.54) is 30.6 Å². The molecule has 692 valence electrons. The first-order valence-corrected chi connectivity index (χ1v) is 39.6. The quantitative estimate of drug-likeness (QED) is 0.0277. The molecule has 8 heterocycles. The molecule has 12 amide bonds. The maximum absolute atomic E-state index is 15.2. The predicted octanol–water partition coefficient (Wildman–Crippen LogP) is -16.3. The van der Waals surface area contributed by atoms with Crippen molar-refractivity contribution in [2.24, 2.45) is 5.73 Å². The molecule has 17 unspecified atom stereocenters. The Morgan fingerprint density at radius 3 is 1.63 bits per heavy atom. The molecule has 0 aromatic rings. The number of rotatable bonds is 36. The SMILES string of the molecule is CC(=O)NC1[C@H](OCC2O[C@H](OC(C)C(NC(=O)C(CO)NC(=O)CNC(=O)C3CCCN3C(C)=O)C(=O)NC(C)C(=O)N3CCCC3C(=O)N3CCCC3C(=O)NC(C)C(N)=O)C(NC(C)=O)[C@@H](O[C@@H]3OC(CO)[C@H](O)[C@H](O)C3O)[C@H]2O)OC(CO)[C@@H](O[C@@H]2OC(CO)[C@H](O)[C@H](O[C@]3(C(=O)O)C[C@@H](O)[C@@H](NC(C)=O)C([C@H](O)[C@H](O)CO)O3)C2O)[C@@H]1O. The smallest absolute Gasteiger partial charge is 0.364 e. The van der Waals surface area contributed by atoms with Crippen molar-refractivity contribution >= 4 is 76.9 Å². The molecule has 51 nitrogen and oxygen atoms in total. The van der Waals surface area contributed by atoms with E-state index in [1.807, 2.05) is 0 Å². The number of amides is 12. The number of carboxylic acid groups (broad SMARTS) is 1. The number of aliphatic hydroxyl groups is 15. The van der Waals surface area contributed by atoms with Gasteiger partial charge in [0.1, 0.15) is 158 Å². The zero-order chi connectivity index (χ0) is 90.5. The first-order valence-electron chi connectivity index (χ1n) is 39.6. The van der Waals surface area contributed by atoms with Crippen LogP contribution >= 0.6 is 0 Å². The van der Waals surface area contributed by atoms with Gasteiger partial charge in [0.2, 0.25) is 70.9 Å². The third-order valence-corrected chi connectivity index (χ3v) is 22.2. The Hall–Kier alpha value is -7.89. The first kappa shape index (κ1) is 99.5.